The van der Waals surface area contributed by atoms with Crippen molar-refractivity contribution in [3.8, 4) is 0 Å². The molecule has 2 aromatic rings. The Bertz CT molecular complexity index is 616. The van der Waals surface area contributed by atoms with Crippen molar-refractivity contribution in [1.82, 2.24) is 15.5 Å². The predicted molar refractivity (Wildman–Crippen MR) is 73.0 cm³/mol. The van der Waals surface area contributed by atoms with Crippen molar-refractivity contribution in [1.29, 1.82) is 0 Å². The van der Waals surface area contributed by atoms with Gasteiger partial charge in [-0.25, -0.2) is 0 Å². The van der Waals surface area contributed by atoms with Crippen molar-refractivity contribution in [2.75, 3.05) is 0 Å². The number of hydrogen-bond donors (Lipinski definition) is 2. The summed E-state index contributed by atoms with van der Waals surface area (Å²) in [6, 6.07) is 6.03. The number of benzene rings is 1. The molecule has 1 aliphatic rings. The summed E-state index contributed by atoms with van der Waals surface area (Å²) in [5.41, 5.74) is 5.49. The van der Waals surface area contributed by atoms with Gasteiger partial charge in [-0.15, -0.1) is 0 Å². The molecule has 1 heterocycles. The predicted octanol–water partition coefficient (Wildman–Crippen LogP) is 2.14. The van der Waals surface area contributed by atoms with Crippen LogP contribution in [0.25, 0.3) is 0 Å². The number of hydrogen-bond acceptors (Lipinski definition) is 2. The highest BCUT2D eigenvalue weighted by molar-refractivity contribution is 5.94. The first-order valence-corrected chi connectivity index (χ1v) is 6.63. The van der Waals surface area contributed by atoms with Gasteiger partial charge in [0.2, 0.25) is 0 Å². The number of aryl methyl sites for hydroxylation is 3. The number of carbonyl (C=O) groups is 1. The molecule has 0 atom stereocenters. The van der Waals surface area contributed by atoms with E-state index in [1.54, 1.807) is 6.20 Å². The van der Waals surface area contributed by atoms with Gasteiger partial charge in [0.1, 0.15) is 0 Å². The number of H-pyrrole nitrogens is 1. The van der Waals surface area contributed by atoms with E-state index in [4.69, 9.17) is 0 Å². The summed E-state index contributed by atoms with van der Waals surface area (Å²) >= 11 is 0. The van der Waals surface area contributed by atoms with E-state index in [-0.39, 0.29) is 5.91 Å². The van der Waals surface area contributed by atoms with Crippen molar-refractivity contribution in [2.45, 2.75) is 32.7 Å². The van der Waals surface area contributed by atoms with Crippen LogP contribution in [0, 0.1) is 6.92 Å². The summed E-state index contributed by atoms with van der Waals surface area (Å²) in [4.78, 5) is 12.1. The molecule has 0 aliphatic heterocycles. The molecule has 98 valence electrons. The largest absolute Gasteiger partial charge is 0.348 e. The van der Waals surface area contributed by atoms with Gasteiger partial charge in [-0.3, -0.25) is 9.89 Å². The minimum Gasteiger partial charge on any atom is -0.348 e. The number of aromatic amines is 1. The molecule has 2 N–H and O–H groups in total. The highest BCUT2D eigenvalue weighted by Gasteiger charge is 2.14. The second kappa shape index (κ2) is 4.88. The van der Waals surface area contributed by atoms with Crippen LogP contribution in [0.3, 0.4) is 0 Å². The van der Waals surface area contributed by atoms with Crippen molar-refractivity contribution < 1.29 is 4.79 Å². The summed E-state index contributed by atoms with van der Waals surface area (Å²) < 4.78 is 0. The maximum Gasteiger partial charge on any atom is 0.251 e. The van der Waals surface area contributed by atoms with Crippen LogP contribution in [0.2, 0.25) is 0 Å². The first-order chi connectivity index (χ1) is 9.24. The van der Waals surface area contributed by atoms with E-state index >= 15 is 0 Å². The van der Waals surface area contributed by atoms with Gasteiger partial charge >= 0.3 is 0 Å². The Morgan fingerprint density at radius 2 is 2.21 bits per heavy atom. The quantitative estimate of drug-likeness (QED) is 0.882. The Morgan fingerprint density at radius 3 is 3.00 bits per heavy atom. The zero-order valence-electron chi connectivity index (χ0n) is 11.0. The van der Waals surface area contributed by atoms with Gasteiger partial charge < -0.3 is 5.32 Å². The zero-order chi connectivity index (χ0) is 13.2. The SMILES string of the molecule is Cc1[nH]ncc1CNC(=O)c1ccc2c(c1)CCC2. The summed E-state index contributed by atoms with van der Waals surface area (Å²) in [7, 11) is 0. The number of aromatic nitrogens is 2. The minimum atomic E-state index is -0.0182. The second-order valence-corrected chi connectivity index (χ2v) is 5.04. The molecule has 0 saturated carbocycles. The molecule has 0 bridgehead atoms. The van der Waals surface area contributed by atoms with Gasteiger partial charge in [0, 0.05) is 23.4 Å². The molecule has 0 radical (unpaired) electrons. The number of carbonyl (C=O) groups excluding carboxylic acids is 1. The summed E-state index contributed by atoms with van der Waals surface area (Å²) in [6.45, 7) is 2.46. The minimum absolute atomic E-state index is 0.0182. The molecular formula is C15H17N3O. The van der Waals surface area contributed by atoms with E-state index in [0.717, 1.165) is 29.7 Å². The molecule has 19 heavy (non-hydrogen) atoms. The lowest BCUT2D eigenvalue weighted by Crippen LogP contribution is -2.23. The topological polar surface area (TPSA) is 57.8 Å². The number of fused-ring (bicyclic) bond motifs is 1. The zero-order valence-corrected chi connectivity index (χ0v) is 11.0. The van der Waals surface area contributed by atoms with E-state index in [0.29, 0.717) is 6.54 Å². The van der Waals surface area contributed by atoms with Gasteiger partial charge in [-0.05, 0) is 49.4 Å². The molecule has 4 nitrogen and oxygen atoms in total. The molecule has 0 unspecified atom stereocenters. The lowest BCUT2D eigenvalue weighted by molar-refractivity contribution is 0.0951. The fourth-order valence-corrected chi connectivity index (χ4v) is 2.54. The first kappa shape index (κ1) is 12.0. The van der Waals surface area contributed by atoms with Crippen molar-refractivity contribution in [2.24, 2.45) is 0 Å². The molecule has 1 amide bonds. The van der Waals surface area contributed by atoms with Gasteiger partial charge in [-0.2, -0.15) is 5.10 Å². The van der Waals surface area contributed by atoms with Crippen molar-refractivity contribution in [3.05, 3.63) is 52.3 Å². The number of nitrogens with one attached hydrogen (secondary N) is 2. The Morgan fingerprint density at radius 1 is 1.37 bits per heavy atom. The fraction of sp³-hybridized carbons (Fsp3) is 0.333. The van der Waals surface area contributed by atoms with E-state index in [2.05, 4.69) is 21.6 Å². The lowest BCUT2D eigenvalue weighted by Gasteiger charge is -2.06. The Labute approximate surface area is 112 Å². The molecule has 0 saturated heterocycles. The first-order valence-electron chi connectivity index (χ1n) is 6.63. The van der Waals surface area contributed by atoms with Gasteiger partial charge in [0.05, 0.1) is 6.20 Å². The maximum atomic E-state index is 12.1. The van der Waals surface area contributed by atoms with Gasteiger partial charge in [-0.1, -0.05) is 6.07 Å². The molecule has 0 spiro atoms. The van der Waals surface area contributed by atoms with Crippen LogP contribution in [-0.4, -0.2) is 16.1 Å². The molecule has 0 fully saturated rings. The van der Waals surface area contributed by atoms with Crippen LogP contribution in [0.1, 0.15) is 39.2 Å². The van der Waals surface area contributed by atoms with E-state index in [1.807, 2.05) is 19.1 Å². The molecule has 3 rings (SSSR count). The van der Waals surface area contributed by atoms with Crippen LogP contribution in [-0.2, 0) is 19.4 Å². The number of amides is 1. The summed E-state index contributed by atoms with van der Waals surface area (Å²) in [5.74, 6) is -0.0182. The summed E-state index contributed by atoms with van der Waals surface area (Å²) in [6.07, 6.45) is 5.19. The van der Waals surface area contributed by atoms with Crippen molar-refractivity contribution >= 4 is 5.91 Å². The van der Waals surface area contributed by atoms with Crippen LogP contribution in [0.4, 0.5) is 0 Å². The van der Waals surface area contributed by atoms with Crippen molar-refractivity contribution in [3.63, 3.8) is 0 Å². The monoisotopic (exact) mass is 255 g/mol. The Balaban J connectivity index is 1.69. The Kier molecular flexibility index (Phi) is 3.07. The average Bonchev–Trinajstić information content (AvgIpc) is 3.03. The van der Waals surface area contributed by atoms with E-state index in [9.17, 15) is 4.79 Å². The van der Waals surface area contributed by atoms with Crippen LogP contribution >= 0.6 is 0 Å². The summed E-state index contributed by atoms with van der Waals surface area (Å²) in [5, 5.41) is 9.74. The fourth-order valence-electron chi connectivity index (χ4n) is 2.54. The molecular weight excluding hydrogens is 238 g/mol. The highest BCUT2D eigenvalue weighted by atomic mass is 16.1. The maximum absolute atomic E-state index is 12.1. The average molecular weight is 255 g/mol. The second-order valence-electron chi connectivity index (χ2n) is 5.04. The normalized spacial score (nSPS) is 13.3. The highest BCUT2D eigenvalue weighted by Crippen LogP contribution is 2.22. The number of nitrogens with zero attached hydrogens (tertiary/aromatic N) is 1. The standard InChI is InChI=1S/C15H17N3O/c1-10-14(9-17-18-10)8-16-15(19)13-6-5-11-3-2-4-12(11)7-13/h5-7,9H,2-4,8H2,1H3,(H,16,19)(H,17,18). The van der Waals surface area contributed by atoms with E-state index < -0.39 is 0 Å². The third-order valence-corrected chi connectivity index (χ3v) is 3.73. The smallest absolute Gasteiger partial charge is 0.251 e. The molecule has 4 heteroatoms. The van der Waals surface area contributed by atoms with Crippen LogP contribution in [0.5, 0.6) is 0 Å². The third kappa shape index (κ3) is 2.38. The molecule has 1 aromatic carbocycles. The van der Waals surface area contributed by atoms with Gasteiger partial charge in [0.25, 0.3) is 5.91 Å². The molecule has 1 aromatic heterocycles. The molecule has 1 aliphatic carbocycles. The van der Waals surface area contributed by atoms with Gasteiger partial charge in [0.15, 0.2) is 0 Å². The number of rotatable bonds is 3. The van der Waals surface area contributed by atoms with Crippen LogP contribution in [0.15, 0.2) is 24.4 Å². The van der Waals surface area contributed by atoms with Crippen LogP contribution < -0.4 is 5.32 Å². The third-order valence-electron chi connectivity index (χ3n) is 3.73. The van der Waals surface area contributed by atoms with E-state index in [1.165, 1.54) is 17.5 Å². The Hall–Kier alpha value is -2.10. The lowest BCUT2D eigenvalue weighted by atomic mass is 10.1.